The van der Waals surface area contributed by atoms with E-state index < -0.39 is 0 Å². The van der Waals surface area contributed by atoms with E-state index >= 15 is 0 Å². The summed E-state index contributed by atoms with van der Waals surface area (Å²) in [6.45, 7) is 3.17. The fourth-order valence-corrected chi connectivity index (χ4v) is 6.07. The van der Waals surface area contributed by atoms with E-state index in [1.807, 2.05) is 42.5 Å². The van der Waals surface area contributed by atoms with Crippen LogP contribution in [0.5, 0.6) is 0 Å². The van der Waals surface area contributed by atoms with Crippen molar-refractivity contribution in [3.05, 3.63) is 58.1 Å². The van der Waals surface area contributed by atoms with E-state index in [0.29, 0.717) is 35.4 Å². The summed E-state index contributed by atoms with van der Waals surface area (Å²) >= 11 is 3.52. The number of rotatable bonds is 3. The number of carbonyl (C=O) groups is 2. The van der Waals surface area contributed by atoms with Crippen LogP contribution < -0.4 is 0 Å². The zero-order valence-corrected chi connectivity index (χ0v) is 20.1. The lowest BCUT2D eigenvalue weighted by Crippen LogP contribution is -2.40. The molecule has 3 aromatic carbocycles. The van der Waals surface area contributed by atoms with Crippen molar-refractivity contribution in [1.29, 1.82) is 0 Å². The highest BCUT2D eigenvalue weighted by Crippen LogP contribution is 2.45. The largest absolute Gasteiger partial charge is 0.454 e. The number of piperidine rings is 1. The van der Waals surface area contributed by atoms with Gasteiger partial charge in [-0.1, -0.05) is 40.5 Å². The second-order valence-electron chi connectivity index (χ2n) is 9.28. The Bertz CT molecular complexity index is 1660. The standard InChI is InChI=1S/C27H22BrN3O3/c28-15-8-9-17-19(14-15)34-25-21(17)23-22(20-16-6-2-3-7-18(16)29-24(20)25)26(32)31(27(23)33)13-12-30-10-4-1-5-11-30/h2-3,6-9,14,29H,1,4-5,10-13H2. The summed E-state index contributed by atoms with van der Waals surface area (Å²) in [5.41, 5.74) is 3.95. The Morgan fingerprint density at radius 2 is 1.65 bits per heavy atom. The average Bonchev–Trinajstić information content (AvgIpc) is 3.48. The van der Waals surface area contributed by atoms with E-state index in [4.69, 9.17) is 4.42 Å². The van der Waals surface area contributed by atoms with Crippen LogP contribution in [0.3, 0.4) is 0 Å². The van der Waals surface area contributed by atoms with Gasteiger partial charge in [-0.25, -0.2) is 0 Å². The number of halogens is 1. The van der Waals surface area contributed by atoms with Gasteiger partial charge in [0.15, 0.2) is 5.58 Å². The number of benzene rings is 3. The first-order chi connectivity index (χ1) is 16.6. The predicted octanol–water partition coefficient (Wildman–Crippen LogP) is 6.06. The Balaban J connectivity index is 1.49. The highest BCUT2D eigenvalue weighted by atomic mass is 79.9. The number of aromatic nitrogens is 1. The molecule has 1 N–H and O–H groups in total. The molecule has 0 saturated carbocycles. The summed E-state index contributed by atoms with van der Waals surface area (Å²) in [5, 5.41) is 3.26. The monoisotopic (exact) mass is 515 g/mol. The van der Waals surface area contributed by atoms with Crippen molar-refractivity contribution < 1.29 is 14.0 Å². The molecule has 2 aromatic heterocycles. The molecule has 7 rings (SSSR count). The molecule has 34 heavy (non-hydrogen) atoms. The van der Waals surface area contributed by atoms with Gasteiger partial charge in [0.2, 0.25) is 0 Å². The molecular weight excluding hydrogens is 494 g/mol. The molecule has 6 nitrogen and oxygen atoms in total. The number of fused-ring (bicyclic) bond motifs is 10. The summed E-state index contributed by atoms with van der Waals surface area (Å²) < 4.78 is 7.22. The van der Waals surface area contributed by atoms with Crippen LogP contribution in [0.25, 0.3) is 43.7 Å². The fourth-order valence-electron chi connectivity index (χ4n) is 5.73. The van der Waals surface area contributed by atoms with Crippen LogP contribution in [0.2, 0.25) is 0 Å². The Labute approximate surface area is 203 Å². The average molecular weight is 516 g/mol. The van der Waals surface area contributed by atoms with Gasteiger partial charge in [-0.05, 0) is 50.2 Å². The van der Waals surface area contributed by atoms with Crippen LogP contribution in [-0.4, -0.2) is 52.8 Å². The first-order valence-electron chi connectivity index (χ1n) is 11.8. The van der Waals surface area contributed by atoms with Crippen molar-refractivity contribution in [2.24, 2.45) is 0 Å². The fraction of sp³-hybridized carbons (Fsp3) is 0.259. The lowest BCUT2D eigenvalue weighted by molar-refractivity contribution is 0.0633. The van der Waals surface area contributed by atoms with Gasteiger partial charge < -0.3 is 14.3 Å². The molecule has 1 fully saturated rings. The topological polar surface area (TPSA) is 69.5 Å². The first-order valence-corrected chi connectivity index (χ1v) is 12.6. The molecule has 7 heteroatoms. The molecule has 2 aliphatic heterocycles. The Hall–Kier alpha value is -3.16. The third-order valence-electron chi connectivity index (χ3n) is 7.34. The third-order valence-corrected chi connectivity index (χ3v) is 7.84. The van der Waals surface area contributed by atoms with Crippen LogP contribution in [0, 0.1) is 0 Å². The quantitative estimate of drug-likeness (QED) is 0.296. The number of furan rings is 1. The van der Waals surface area contributed by atoms with Gasteiger partial charge in [0.25, 0.3) is 11.8 Å². The van der Waals surface area contributed by atoms with Crippen LogP contribution in [0.15, 0.2) is 51.4 Å². The highest BCUT2D eigenvalue weighted by Gasteiger charge is 2.41. The minimum Gasteiger partial charge on any atom is -0.454 e. The highest BCUT2D eigenvalue weighted by molar-refractivity contribution is 9.10. The molecule has 0 bridgehead atoms. The van der Waals surface area contributed by atoms with E-state index in [-0.39, 0.29) is 11.8 Å². The van der Waals surface area contributed by atoms with E-state index in [0.717, 1.165) is 50.1 Å². The van der Waals surface area contributed by atoms with E-state index in [1.54, 1.807) is 0 Å². The summed E-state index contributed by atoms with van der Waals surface area (Å²) in [6, 6.07) is 13.7. The van der Waals surface area contributed by atoms with E-state index in [2.05, 4.69) is 25.8 Å². The Kier molecular flexibility index (Phi) is 4.41. The molecule has 0 unspecified atom stereocenters. The van der Waals surface area contributed by atoms with Crippen molar-refractivity contribution in [3.8, 4) is 0 Å². The maximum atomic E-state index is 13.8. The van der Waals surface area contributed by atoms with Gasteiger partial charge in [-0.2, -0.15) is 0 Å². The van der Waals surface area contributed by atoms with Crippen molar-refractivity contribution in [3.63, 3.8) is 0 Å². The summed E-state index contributed by atoms with van der Waals surface area (Å²) in [6.07, 6.45) is 3.61. The molecule has 0 spiro atoms. The van der Waals surface area contributed by atoms with Gasteiger partial charge in [0, 0.05) is 44.6 Å². The van der Waals surface area contributed by atoms with Gasteiger partial charge in [-0.3, -0.25) is 14.5 Å². The lowest BCUT2D eigenvalue weighted by Gasteiger charge is -2.27. The van der Waals surface area contributed by atoms with Gasteiger partial charge >= 0.3 is 0 Å². The Morgan fingerprint density at radius 3 is 2.47 bits per heavy atom. The molecule has 2 aliphatic rings. The van der Waals surface area contributed by atoms with Crippen molar-refractivity contribution in [2.45, 2.75) is 19.3 Å². The smallest absolute Gasteiger partial charge is 0.262 e. The molecule has 0 radical (unpaired) electrons. The van der Waals surface area contributed by atoms with Crippen LogP contribution in [0.1, 0.15) is 40.0 Å². The van der Waals surface area contributed by atoms with E-state index in [9.17, 15) is 9.59 Å². The molecule has 170 valence electrons. The van der Waals surface area contributed by atoms with Crippen LogP contribution in [0.4, 0.5) is 0 Å². The second-order valence-corrected chi connectivity index (χ2v) is 10.2. The number of H-pyrrole nitrogens is 1. The number of imide groups is 1. The number of aromatic amines is 1. The van der Waals surface area contributed by atoms with Crippen LogP contribution >= 0.6 is 15.9 Å². The normalized spacial score (nSPS) is 17.1. The van der Waals surface area contributed by atoms with Crippen molar-refractivity contribution in [2.75, 3.05) is 26.2 Å². The number of amides is 2. The Morgan fingerprint density at radius 1 is 0.882 bits per heavy atom. The molecular formula is C27H22BrN3O3. The molecule has 2 amide bonds. The summed E-state index contributed by atoms with van der Waals surface area (Å²) in [5.74, 6) is -0.431. The summed E-state index contributed by atoms with van der Waals surface area (Å²) in [4.78, 5) is 34.9. The molecule has 5 aromatic rings. The molecule has 4 heterocycles. The zero-order chi connectivity index (χ0) is 23.0. The first kappa shape index (κ1) is 20.2. The van der Waals surface area contributed by atoms with Crippen molar-refractivity contribution >= 4 is 71.5 Å². The van der Waals surface area contributed by atoms with Gasteiger partial charge in [-0.15, -0.1) is 0 Å². The maximum absolute atomic E-state index is 13.8. The number of carbonyl (C=O) groups excluding carboxylic acids is 2. The number of likely N-dealkylation sites (tertiary alicyclic amines) is 1. The van der Waals surface area contributed by atoms with E-state index in [1.165, 1.54) is 24.2 Å². The SMILES string of the molecule is O=C1c2c(c3c4ccc(Br)cc4oc3c3[nH]c4ccccc4c23)C(=O)N1CCN1CCCCC1. The number of hydrogen-bond donors (Lipinski definition) is 1. The minimum atomic E-state index is -0.222. The number of nitrogens with one attached hydrogen (secondary N) is 1. The molecule has 0 aliphatic carbocycles. The molecule has 0 atom stereocenters. The molecule has 1 saturated heterocycles. The number of hydrogen-bond acceptors (Lipinski definition) is 4. The lowest BCUT2D eigenvalue weighted by atomic mass is 9.97. The van der Waals surface area contributed by atoms with Gasteiger partial charge in [0.1, 0.15) is 5.58 Å². The zero-order valence-electron chi connectivity index (χ0n) is 18.5. The van der Waals surface area contributed by atoms with Crippen molar-refractivity contribution in [1.82, 2.24) is 14.8 Å². The number of para-hydroxylation sites is 1. The second kappa shape index (κ2) is 7.42. The predicted molar refractivity (Wildman–Crippen MR) is 136 cm³/mol. The summed E-state index contributed by atoms with van der Waals surface area (Å²) in [7, 11) is 0. The maximum Gasteiger partial charge on any atom is 0.262 e. The van der Waals surface area contributed by atoms with Crippen LogP contribution in [-0.2, 0) is 0 Å². The number of nitrogens with zero attached hydrogens (tertiary/aromatic N) is 2. The van der Waals surface area contributed by atoms with Gasteiger partial charge in [0.05, 0.1) is 16.6 Å². The minimum absolute atomic E-state index is 0.208. The third kappa shape index (κ3) is 2.77.